The maximum absolute atomic E-state index is 11.8. The fourth-order valence-electron chi connectivity index (χ4n) is 1.77. The van der Waals surface area contributed by atoms with E-state index in [0.717, 1.165) is 18.5 Å². The van der Waals surface area contributed by atoms with E-state index in [4.69, 9.17) is 5.73 Å². The molecule has 0 unspecified atom stereocenters. The smallest absolute Gasteiger partial charge is 0.269 e. The van der Waals surface area contributed by atoms with Crippen molar-refractivity contribution in [1.29, 1.82) is 0 Å². The fourth-order valence-corrected chi connectivity index (χ4v) is 1.77. The highest BCUT2D eigenvalue weighted by Gasteiger charge is 2.06. The molecule has 0 spiro atoms. The van der Waals surface area contributed by atoms with Crippen molar-refractivity contribution in [1.82, 2.24) is 20.5 Å². The summed E-state index contributed by atoms with van der Waals surface area (Å²) < 4.78 is 0. The number of pyridine rings is 1. The van der Waals surface area contributed by atoms with E-state index in [1.807, 2.05) is 13.1 Å². The Balaban J connectivity index is 1.77. The summed E-state index contributed by atoms with van der Waals surface area (Å²) >= 11 is 0. The lowest BCUT2D eigenvalue weighted by Gasteiger charge is -2.05. The second-order valence-corrected chi connectivity index (χ2v) is 4.35. The number of rotatable bonds is 5. The third kappa shape index (κ3) is 3.54. The molecule has 6 heteroatoms. The largest absolute Gasteiger partial charge is 0.399 e. The van der Waals surface area contributed by atoms with Crippen LogP contribution in [0.2, 0.25) is 0 Å². The first kappa shape index (κ1) is 13.1. The van der Waals surface area contributed by atoms with Crippen molar-refractivity contribution in [3.8, 4) is 0 Å². The normalized spacial score (nSPS) is 10.4. The van der Waals surface area contributed by atoms with Crippen molar-refractivity contribution >= 4 is 11.6 Å². The Hall–Kier alpha value is -2.37. The molecule has 0 saturated carbocycles. The van der Waals surface area contributed by atoms with E-state index < -0.39 is 0 Å². The number of anilines is 1. The van der Waals surface area contributed by atoms with Crippen molar-refractivity contribution in [2.24, 2.45) is 0 Å². The van der Waals surface area contributed by atoms with Crippen LogP contribution in [0.15, 0.2) is 24.5 Å². The minimum absolute atomic E-state index is 0.198. The number of nitrogens with two attached hydrogens (primary N) is 1. The number of nitrogens with one attached hydrogen (secondary N) is 2. The molecule has 0 aliphatic rings. The summed E-state index contributed by atoms with van der Waals surface area (Å²) in [6, 6.07) is 3.22. The van der Waals surface area contributed by atoms with Crippen LogP contribution >= 0.6 is 0 Å². The van der Waals surface area contributed by atoms with Crippen LogP contribution in [0, 0.1) is 6.92 Å². The van der Waals surface area contributed by atoms with Gasteiger partial charge in [-0.1, -0.05) is 0 Å². The minimum Gasteiger partial charge on any atom is -0.399 e. The van der Waals surface area contributed by atoms with E-state index in [0.29, 0.717) is 17.9 Å². The second kappa shape index (κ2) is 5.99. The van der Waals surface area contributed by atoms with Gasteiger partial charge in [-0.2, -0.15) is 5.10 Å². The summed E-state index contributed by atoms with van der Waals surface area (Å²) in [6.45, 7) is 2.58. The van der Waals surface area contributed by atoms with Gasteiger partial charge in [0, 0.05) is 24.1 Å². The lowest BCUT2D eigenvalue weighted by Crippen LogP contribution is -2.25. The zero-order chi connectivity index (χ0) is 13.7. The van der Waals surface area contributed by atoms with Gasteiger partial charge in [0.05, 0.1) is 6.20 Å². The van der Waals surface area contributed by atoms with Crippen LogP contribution in [-0.4, -0.2) is 27.6 Å². The zero-order valence-corrected chi connectivity index (χ0v) is 10.8. The molecule has 6 nitrogen and oxygen atoms in total. The summed E-state index contributed by atoms with van der Waals surface area (Å²) in [6.07, 6.45) is 5.08. The highest BCUT2D eigenvalue weighted by molar-refractivity contribution is 5.92. The van der Waals surface area contributed by atoms with E-state index in [1.165, 1.54) is 11.8 Å². The van der Waals surface area contributed by atoms with Gasteiger partial charge in [0.15, 0.2) is 0 Å². The van der Waals surface area contributed by atoms with Gasteiger partial charge in [-0.05, 0) is 37.5 Å². The molecule has 100 valence electrons. The molecule has 1 amide bonds. The first-order valence-corrected chi connectivity index (χ1v) is 6.15. The molecule has 2 aromatic rings. The Morgan fingerprint density at radius 3 is 3.05 bits per heavy atom. The second-order valence-electron chi connectivity index (χ2n) is 4.35. The molecule has 0 aliphatic carbocycles. The lowest BCUT2D eigenvalue weighted by molar-refractivity contribution is 0.0948. The van der Waals surface area contributed by atoms with E-state index in [-0.39, 0.29) is 5.91 Å². The van der Waals surface area contributed by atoms with Crippen LogP contribution in [0.5, 0.6) is 0 Å². The van der Waals surface area contributed by atoms with Gasteiger partial charge in [-0.3, -0.25) is 14.9 Å². The molecule has 2 rings (SSSR count). The Bertz CT molecular complexity index is 564. The Morgan fingerprint density at radius 1 is 1.53 bits per heavy atom. The summed E-state index contributed by atoms with van der Waals surface area (Å²) in [5.41, 5.74) is 8.73. The van der Waals surface area contributed by atoms with Crippen LogP contribution in [0.3, 0.4) is 0 Å². The number of nitrogens with zero attached hydrogens (tertiary/aromatic N) is 2. The first-order valence-electron chi connectivity index (χ1n) is 6.15. The highest BCUT2D eigenvalue weighted by Crippen LogP contribution is 2.06. The molecule has 0 saturated heterocycles. The number of aryl methyl sites for hydroxylation is 2. The highest BCUT2D eigenvalue weighted by atomic mass is 16.1. The third-order valence-corrected chi connectivity index (χ3v) is 2.86. The number of carbonyl (C=O) groups is 1. The number of aromatic amines is 1. The standard InChI is InChI=1S/C13H17N5O/c1-9-10(8-17-18-9)3-2-5-16-13(19)12-7-11(14)4-6-15-12/h4,6-8H,2-3,5H2,1H3,(H2,14,15)(H,16,19)(H,17,18). The Labute approximate surface area is 111 Å². The van der Waals surface area contributed by atoms with Crippen molar-refractivity contribution in [2.75, 3.05) is 12.3 Å². The molecule has 0 aliphatic heterocycles. The topological polar surface area (TPSA) is 96.7 Å². The van der Waals surface area contributed by atoms with Gasteiger partial charge in [-0.25, -0.2) is 0 Å². The SMILES string of the molecule is Cc1[nH]ncc1CCCNC(=O)c1cc(N)ccn1. The number of hydrogen-bond acceptors (Lipinski definition) is 4. The average molecular weight is 259 g/mol. The van der Waals surface area contributed by atoms with Crippen molar-refractivity contribution < 1.29 is 4.79 Å². The molecule has 0 aromatic carbocycles. The number of carbonyl (C=O) groups excluding carboxylic acids is 1. The van der Waals surface area contributed by atoms with Crippen LogP contribution in [0.1, 0.15) is 28.2 Å². The third-order valence-electron chi connectivity index (χ3n) is 2.86. The molecule has 0 bridgehead atoms. The quantitative estimate of drug-likeness (QED) is 0.699. The Morgan fingerprint density at radius 2 is 2.37 bits per heavy atom. The van der Waals surface area contributed by atoms with Crippen LogP contribution < -0.4 is 11.1 Å². The van der Waals surface area contributed by atoms with Gasteiger partial charge in [0.1, 0.15) is 5.69 Å². The number of aromatic nitrogens is 3. The van der Waals surface area contributed by atoms with Crippen LogP contribution in [0.25, 0.3) is 0 Å². The molecule has 4 N–H and O–H groups in total. The lowest BCUT2D eigenvalue weighted by atomic mass is 10.1. The molecule has 2 aromatic heterocycles. The molecule has 0 radical (unpaired) electrons. The maximum Gasteiger partial charge on any atom is 0.269 e. The van der Waals surface area contributed by atoms with Crippen molar-refractivity contribution in [2.45, 2.75) is 19.8 Å². The minimum atomic E-state index is -0.198. The molecular formula is C13H17N5O. The molecule has 0 fully saturated rings. The van der Waals surface area contributed by atoms with Gasteiger partial charge in [0.2, 0.25) is 0 Å². The number of H-pyrrole nitrogens is 1. The van der Waals surface area contributed by atoms with Crippen molar-refractivity contribution in [3.05, 3.63) is 41.5 Å². The predicted octanol–water partition coefficient (Wildman–Crippen LogP) is 1.06. The summed E-state index contributed by atoms with van der Waals surface area (Å²) in [5.74, 6) is -0.198. The summed E-state index contributed by atoms with van der Waals surface area (Å²) in [5, 5.41) is 9.67. The molecule has 0 atom stereocenters. The van der Waals surface area contributed by atoms with Crippen LogP contribution in [0.4, 0.5) is 5.69 Å². The van der Waals surface area contributed by atoms with Gasteiger partial charge >= 0.3 is 0 Å². The first-order chi connectivity index (χ1) is 9.16. The summed E-state index contributed by atoms with van der Waals surface area (Å²) in [4.78, 5) is 15.8. The van der Waals surface area contributed by atoms with Crippen molar-refractivity contribution in [3.63, 3.8) is 0 Å². The number of hydrogen-bond donors (Lipinski definition) is 3. The molecular weight excluding hydrogens is 242 g/mol. The van der Waals surface area contributed by atoms with E-state index >= 15 is 0 Å². The van der Waals surface area contributed by atoms with E-state index in [9.17, 15) is 4.79 Å². The maximum atomic E-state index is 11.8. The van der Waals surface area contributed by atoms with E-state index in [1.54, 1.807) is 12.1 Å². The van der Waals surface area contributed by atoms with Gasteiger partial charge < -0.3 is 11.1 Å². The number of nitrogen functional groups attached to an aromatic ring is 1. The monoisotopic (exact) mass is 259 g/mol. The van der Waals surface area contributed by atoms with Gasteiger partial charge in [-0.15, -0.1) is 0 Å². The fraction of sp³-hybridized carbons (Fsp3) is 0.308. The molecule has 2 heterocycles. The summed E-state index contributed by atoms with van der Waals surface area (Å²) in [7, 11) is 0. The van der Waals surface area contributed by atoms with Crippen LogP contribution in [-0.2, 0) is 6.42 Å². The zero-order valence-electron chi connectivity index (χ0n) is 10.8. The Kier molecular flexibility index (Phi) is 4.12. The van der Waals surface area contributed by atoms with E-state index in [2.05, 4.69) is 20.5 Å². The van der Waals surface area contributed by atoms with Gasteiger partial charge in [0.25, 0.3) is 5.91 Å². The number of amides is 1. The predicted molar refractivity (Wildman–Crippen MR) is 72.6 cm³/mol. The molecule has 19 heavy (non-hydrogen) atoms. The average Bonchev–Trinajstić information content (AvgIpc) is 2.80.